The lowest BCUT2D eigenvalue weighted by molar-refractivity contribution is 0.183. The van der Waals surface area contributed by atoms with Gasteiger partial charge in [0.2, 0.25) is 8.32 Å². The molecule has 1 saturated heterocycles. The summed E-state index contributed by atoms with van der Waals surface area (Å²) in [5, 5.41) is 11.2. The summed E-state index contributed by atoms with van der Waals surface area (Å²) in [4.78, 5) is 2.49. The Kier molecular flexibility index (Phi) is 8.86. The van der Waals surface area contributed by atoms with Crippen molar-refractivity contribution in [3.63, 3.8) is 0 Å². The average molecular weight is 558 g/mol. The third-order valence-corrected chi connectivity index (χ3v) is 13.2. The van der Waals surface area contributed by atoms with Crippen molar-refractivity contribution in [1.82, 2.24) is 4.90 Å². The predicted molar refractivity (Wildman–Crippen MR) is 167 cm³/mol. The molecule has 0 unspecified atom stereocenters. The first-order valence-electron chi connectivity index (χ1n) is 15.0. The van der Waals surface area contributed by atoms with E-state index in [2.05, 4.69) is 75.1 Å². The second kappa shape index (κ2) is 12.5. The molecule has 4 aromatic rings. The minimum absolute atomic E-state index is 0.189. The molecule has 0 amide bonds. The molecular formula is C34H43NO4Si. The number of piperidine rings is 1. The largest absolute Gasteiger partial charge is 0.544 e. The second-order valence-electron chi connectivity index (χ2n) is 11.1. The number of aryl methyl sites for hydroxylation is 1. The SMILES string of the molecule is CC[Si](CC)(CC)Oc1ccc(-c2oc3cc(O)ccc3c2-c2cc(OCCN3CCCCC3)ccc2C)cc1. The summed E-state index contributed by atoms with van der Waals surface area (Å²) in [5.74, 6) is 2.76. The second-order valence-corrected chi connectivity index (χ2v) is 15.8. The van der Waals surface area contributed by atoms with Crippen molar-refractivity contribution in [3.8, 4) is 39.7 Å². The normalized spacial score (nSPS) is 14.5. The molecule has 212 valence electrons. The van der Waals surface area contributed by atoms with Crippen molar-refractivity contribution in [1.29, 1.82) is 0 Å². The molecular weight excluding hydrogens is 514 g/mol. The fourth-order valence-corrected chi connectivity index (χ4v) is 8.45. The lowest BCUT2D eigenvalue weighted by atomic mass is 9.95. The van der Waals surface area contributed by atoms with Crippen molar-refractivity contribution in [3.05, 3.63) is 66.2 Å². The molecule has 0 atom stereocenters. The number of ether oxygens (including phenoxy) is 1. The molecule has 1 aromatic heterocycles. The average Bonchev–Trinajstić information content (AvgIpc) is 3.36. The Balaban J connectivity index is 1.48. The van der Waals surface area contributed by atoms with Gasteiger partial charge in [0.25, 0.3) is 0 Å². The van der Waals surface area contributed by atoms with Gasteiger partial charge in [0.15, 0.2) is 0 Å². The van der Waals surface area contributed by atoms with Crippen LogP contribution < -0.4 is 9.16 Å². The number of rotatable bonds is 11. The Labute approximate surface area is 239 Å². The van der Waals surface area contributed by atoms with Gasteiger partial charge in [-0.15, -0.1) is 0 Å². The molecule has 2 heterocycles. The highest BCUT2D eigenvalue weighted by Gasteiger charge is 2.30. The van der Waals surface area contributed by atoms with Crippen LogP contribution in [-0.4, -0.2) is 44.6 Å². The number of likely N-dealkylation sites (tertiary alicyclic amines) is 1. The molecule has 0 saturated carbocycles. The van der Waals surface area contributed by atoms with Gasteiger partial charge in [0.05, 0.1) is 0 Å². The third kappa shape index (κ3) is 6.08. The van der Waals surface area contributed by atoms with Gasteiger partial charge in [-0.05, 0) is 111 Å². The summed E-state index contributed by atoms with van der Waals surface area (Å²) in [7, 11) is -1.76. The number of aromatic hydroxyl groups is 1. The minimum Gasteiger partial charge on any atom is -0.544 e. The molecule has 0 spiro atoms. The van der Waals surface area contributed by atoms with Crippen LogP contribution in [-0.2, 0) is 0 Å². The number of fused-ring (bicyclic) bond motifs is 1. The molecule has 6 heteroatoms. The van der Waals surface area contributed by atoms with E-state index in [1.807, 2.05) is 6.07 Å². The lowest BCUT2D eigenvalue weighted by Gasteiger charge is -2.29. The number of hydrogen-bond acceptors (Lipinski definition) is 5. The van der Waals surface area contributed by atoms with Crippen molar-refractivity contribution >= 4 is 19.3 Å². The molecule has 40 heavy (non-hydrogen) atoms. The van der Waals surface area contributed by atoms with E-state index >= 15 is 0 Å². The van der Waals surface area contributed by atoms with Gasteiger partial charge < -0.3 is 18.7 Å². The number of benzene rings is 3. The summed E-state index contributed by atoms with van der Waals surface area (Å²) in [6, 6.07) is 23.3. The highest BCUT2D eigenvalue weighted by atomic mass is 28.4. The fraction of sp³-hybridized carbons (Fsp3) is 0.412. The van der Waals surface area contributed by atoms with E-state index in [1.165, 1.54) is 32.4 Å². The molecule has 3 aromatic carbocycles. The van der Waals surface area contributed by atoms with Crippen LogP contribution in [0.2, 0.25) is 18.1 Å². The van der Waals surface area contributed by atoms with Gasteiger partial charge in [-0.2, -0.15) is 0 Å². The van der Waals surface area contributed by atoms with Crippen LogP contribution in [0.15, 0.2) is 65.1 Å². The van der Waals surface area contributed by atoms with Crippen LogP contribution in [0.3, 0.4) is 0 Å². The summed E-state index contributed by atoms with van der Waals surface area (Å²) in [6.45, 7) is 12.8. The van der Waals surface area contributed by atoms with Crippen LogP contribution in [0, 0.1) is 6.92 Å². The zero-order valence-corrected chi connectivity index (χ0v) is 25.5. The molecule has 0 bridgehead atoms. The van der Waals surface area contributed by atoms with Gasteiger partial charge in [-0.1, -0.05) is 33.3 Å². The first-order valence-corrected chi connectivity index (χ1v) is 17.5. The van der Waals surface area contributed by atoms with E-state index in [1.54, 1.807) is 12.1 Å². The summed E-state index contributed by atoms with van der Waals surface area (Å²) >= 11 is 0. The standard InChI is InChI=1S/C34H43NO4Si/c1-5-40(6-2,7-3)39-28-16-12-26(13-17-28)34-33(30-18-14-27(36)23-32(30)38-34)31-24-29(15-11-25(31)4)37-22-21-35-19-9-8-10-20-35/h11-18,23-24,36H,5-10,19-22H2,1-4H3. The van der Waals surface area contributed by atoms with Crippen molar-refractivity contribution < 1.29 is 18.7 Å². The highest BCUT2D eigenvalue weighted by molar-refractivity contribution is 6.74. The topological polar surface area (TPSA) is 55.1 Å². The molecule has 1 aliphatic rings. The molecule has 1 fully saturated rings. The first kappa shape index (κ1) is 28.3. The summed E-state index contributed by atoms with van der Waals surface area (Å²) in [6.07, 6.45) is 3.91. The molecule has 5 rings (SSSR count). The first-order chi connectivity index (χ1) is 19.4. The Morgan fingerprint density at radius 1 is 0.850 bits per heavy atom. The quantitative estimate of drug-likeness (QED) is 0.186. The maximum atomic E-state index is 10.2. The Morgan fingerprint density at radius 2 is 1.55 bits per heavy atom. The monoisotopic (exact) mass is 557 g/mol. The number of phenols is 1. The van der Waals surface area contributed by atoms with E-state index in [9.17, 15) is 5.11 Å². The van der Waals surface area contributed by atoms with Crippen LogP contribution in [0.1, 0.15) is 45.6 Å². The Morgan fingerprint density at radius 3 is 2.25 bits per heavy atom. The predicted octanol–water partition coefficient (Wildman–Crippen LogP) is 9.03. The number of hydrogen-bond donors (Lipinski definition) is 1. The maximum Gasteiger partial charge on any atom is 0.250 e. The minimum atomic E-state index is -1.76. The Bertz CT molecular complexity index is 1410. The van der Waals surface area contributed by atoms with Crippen LogP contribution in [0.25, 0.3) is 33.4 Å². The van der Waals surface area contributed by atoms with E-state index < -0.39 is 8.32 Å². The summed E-state index contributed by atoms with van der Waals surface area (Å²) in [5.41, 5.74) is 4.87. The number of furan rings is 1. The van der Waals surface area contributed by atoms with E-state index in [0.29, 0.717) is 12.2 Å². The van der Waals surface area contributed by atoms with Gasteiger partial charge in [-0.25, -0.2) is 0 Å². The Hall–Kier alpha value is -3.22. The number of phenolic OH excluding ortho intramolecular Hbond substituents is 1. The zero-order chi connectivity index (χ0) is 28.1. The zero-order valence-electron chi connectivity index (χ0n) is 24.5. The molecule has 5 nitrogen and oxygen atoms in total. The van der Waals surface area contributed by atoms with Crippen LogP contribution in [0.4, 0.5) is 0 Å². The van der Waals surface area contributed by atoms with Crippen molar-refractivity contribution in [2.45, 2.75) is 65.1 Å². The molecule has 1 N–H and O–H groups in total. The fourth-order valence-electron chi connectivity index (χ4n) is 5.88. The van der Waals surface area contributed by atoms with Gasteiger partial charge in [-0.3, -0.25) is 4.90 Å². The molecule has 0 aliphatic carbocycles. The maximum absolute atomic E-state index is 10.2. The molecule has 1 aliphatic heterocycles. The van der Waals surface area contributed by atoms with Crippen molar-refractivity contribution in [2.75, 3.05) is 26.2 Å². The van der Waals surface area contributed by atoms with Gasteiger partial charge in [0, 0.05) is 29.1 Å². The van der Waals surface area contributed by atoms with E-state index in [-0.39, 0.29) is 5.75 Å². The highest BCUT2D eigenvalue weighted by Crippen LogP contribution is 2.44. The smallest absolute Gasteiger partial charge is 0.250 e. The van der Waals surface area contributed by atoms with E-state index in [0.717, 1.165) is 69.6 Å². The lowest BCUT2D eigenvalue weighted by Crippen LogP contribution is -2.39. The van der Waals surface area contributed by atoms with Crippen LogP contribution >= 0.6 is 0 Å². The third-order valence-electron chi connectivity index (χ3n) is 8.66. The van der Waals surface area contributed by atoms with Gasteiger partial charge >= 0.3 is 0 Å². The summed E-state index contributed by atoms with van der Waals surface area (Å²) < 4.78 is 19.3. The van der Waals surface area contributed by atoms with E-state index in [4.69, 9.17) is 13.6 Å². The molecule has 0 radical (unpaired) electrons. The van der Waals surface area contributed by atoms with Gasteiger partial charge in [0.1, 0.15) is 35.2 Å². The van der Waals surface area contributed by atoms with Crippen molar-refractivity contribution in [2.24, 2.45) is 0 Å². The van der Waals surface area contributed by atoms with Crippen LogP contribution in [0.5, 0.6) is 17.2 Å². The number of nitrogens with zero attached hydrogens (tertiary/aromatic N) is 1.